The van der Waals surface area contributed by atoms with Crippen molar-refractivity contribution in [2.24, 2.45) is 5.73 Å². The fourth-order valence-electron chi connectivity index (χ4n) is 0.587. The van der Waals surface area contributed by atoms with Gasteiger partial charge in [0.25, 0.3) is 5.56 Å². The molecule has 0 bridgehead atoms. The third kappa shape index (κ3) is 7.02. The van der Waals surface area contributed by atoms with Gasteiger partial charge in [-0.05, 0) is 13.0 Å². The summed E-state index contributed by atoms with van der Waals surface area (Å²) in [6.45, 7) is 2.98. The molecule has 0 spiro atoms. The number of unbranched alkanes of at least 4 members (excludes halogenated alkanes) is 1. The van der Waals surface area contributed by atoms with Crippen LogP contribution in [-0.4, -0.2) is 16.5 Å². The molecule has 1 rings (SSSR count). The van der Waals surface area contributed by atoms with Crippen molar-refractivity contribution in [1.29, 1.82) is 0 Å². The van der Waals surface area contributed by atoms with Crippen LogP contribution in [0.3, 0.4) is 0 Å². The Morgan fingerprint density at radius 3 is 2.38 bits per heavy atom. The number of nitrogens with two attached hydrogens (primary N) is 1. The van der Waals surface area contributed by atoms with E-state index in [9.17, 15) is 9.59 Å². The largest absolute Gasteiger partial charge is 0.330 e. The zero-order chi connectivity index (χ0) is 10.1. The molecule has 0 fully saturated rings. The highest BCUT2D eigenvalue weighted by Gasteiger charge is 1.77. The van der Waals surface area contributed by atoms with E-state index in [4.69, 9.17) is 5.73 Å². The van der Waals surface area contributed by atoms with Gasteiger partial charge in [-0.2, -0.15) is 0 Å². The number of nitrogens with one attached hydrogen (secondary N) is 2. The average Bonchev–Trinajstić information content (AvgIpc) is 2.06. The molecule has 0 saturated heterocycles. The van der Waals surface area contributed by atoms with Gasteiger partial charge in [0.05, 0.1) is 0 Å². The quantitative estimate of drug-likeness (QED) is 0.596. The van der Waals surface area contributed by atoms with E-state index in [1.54, 1.807) is 0 Å². The first-order valence-corrected chi connectivity index (χ1v) is 4.18. The van der Waals surface area contributed by atoms with Gasteiger partial charge in [0, 0.05) is 12.3 Å². The monoisotopic (exact) mass is 185 g/mol. The maximum atomic E-state index is 10.2. The van der Waals surface area contributed by atoms with E-state index in [-0.39, 0.29) is 5.56 Å². The van der Waals surface area contributed by atoms with E-state index in [0.717, 1.165) is 6.54 Å². The second-order valence-corrected chi connectivity index (χ2v) is 2.44. The lowest BCUT2D eigenvalue weighted by Crippen LogP contribution is -2.19. The van der Waals surface area contributed by atoms with Crippen LogP contribution in [0, 0.1) is 0 Å². The second-order valence-electron chi connectivity index (χ2n) is 2.44. The molecular weight excluding hydrogens is 170 g/mol. The minimum atomic E-state index is -0.475. The first-order chi connectivity index (χ1) is 6.20. The number of H-pyrrole nitrogens is 2. The van der Waals surface area contributed by atoms with Gasteiger partial charge < -0.3 is 10.7 Å². The minimum Gasteiger partial charge on any atom is -0.330 e. The smallest absolute Gasteiger partial charge is 0.325 e. The lowest BCUT2D eigenvalue weighted by Gasteiger charge is -1.80. The third-order valence-electron chi connectivity index (χ3n) is 1.24. The van der Waals surface area contributed by atoms with Gasteiger partial charge >= 0.3 is 5.69 Å². The van der Waals surface area contributed by atoms with Crippen molar-refractivity contribution in [3.05, 3.63) is 33.1 Å². The lowest BCUT2D eigenvalue weighted by atomic mass is 10.3. The number of aromatic nitrogens is 2. The molecule has 5 nitrogen and oxygen atoms in total. The average molecular weight is 185 g/mol. The van der Waals surface area contributed by atoms with Crippen LogP contribution in [0.5, 0.6) is 0 Å². The minimum absolute atomic E-state index is 0.381. The molecule has 74 valence electrons. The van der Waals surface area contributed by atoms with E-state index >= 15 is 0 Å². The highest BCUT2D eigenvalue weighted by atomic mass is 16.2. The van der Waals surface area contributed by atoms with Crippen molar-refractivity contribution in [3.63, 3.8) is 0 Å². The van der Waals surface area contributed by atoms with Gasteiger partial charge in [0.1, 0.15) is 0 Å². The van der Waals surface area contributed by atoms with Crippen LogP contribution in [0.1, 0.15) is 19.8 Å². The second kappa shape index (κ2) is 7.30. The van der Waals surface area contributed by atoms with Crippen molar-refractivity contribution in [2.75, 3.05) is 6.54 Å². The Balaban J connectivity index is 0.000000252. The predicted octanol–water partition coefficient (Wildman–Crippen LogP) is -0.192. The molecule has 0 amide bonds. The Labute approximate surface area is 76.0 Å². The highest BCUT2D eigenvalue weighted by molar-refractivity contribution is 4.77. The first-order valence-electron chi connectivity index (χ1n) is 4.18. The van der Waals surface area contributed by atoms with Gasteiger partial charge in [0.2, 0.25) is 0 Å². The van der Waals surface area contributed by atoms with Gasteiger partial charge in [-0.3, -0.25) is 9.78 Å². The van der Waals surface area contributed by atoms with Crippen molar-refractivity contribution < 1.29 is 0 Å². The summed E-state index contributed by atoms with van der Waals surface area (Å²) in [4.78, 5) is 24.7. The van der Waals surface area contributed by atoms with Crippen molar-refractivity contribution in [1.82, 2.24) is 9.97 Å². The fourth-order valence-corrected chi connectivity index (χ4v) is 0.587. The van der Waals surface area contributed by atoms with Gasteiger partial charge in [-0.25, -0.2) is 4.79 Å². The van der Waals surface area contributed by atoms with Crippen molar-refractivity contribution in [2.45, 2.75) is 19.8 Å². The maximum absolute atomic E-state index is 10.2. The molecule has 0 aliphatic carbocycles. The van der Waals surface area contributed by atoms with Gasteiger partial charge in [-0.15, -0.1) is 0 Å². The molecule has 1 aromatic rings. The maximum Gasteiger partial charge on any atom is 0.325 e. The molecular formula is C8H15N3O2. The summed E-state index contributed by atoms with van der Waals surface area (Å²) in [5.41, 5.74) is 4.28. The Morgan fingerprint density at radius 1 is 1.46 bits per heavy atom. The Morgan fingerprint density at radius 2 is 2.15 bits per heavy atom. The normalized spacial score (nSPS) is 8.77. The third-order valence-corrected chi connectivity index (χ3v) is 1.24. The molecule has 0 aromatic carbocycles. The van der Waals surface area contributed by atoms with Crippen molar-refractivity contribution in [3.8, 4) is 0 Å². The highest BCUT2D eigenvalue weighted by Crippen LogP contribution is 1.77. The molecule has 13 heavy (non-hydrogen) atoms. The fraction of sp³-hybridized carbons (Fsp3) is 0.500. The summed E-state index contributed by atoms with van der Waals surface area (Å²) in [6, 6.07) is 1.24. The SMILES string of the molecule is CCCCN.O=c1cc[nH]c(=O)[nH]1. The summed E-state index contributed by atoms with van der Waals surface area (Å²) >= 11 is 0. The molecule has 0 radical (unpaired) electrons. The summed E-state index contributed by atoms with van der Waals surface area (Å²) < 4.78 is 0. The van der Waals surface area contributed by atoms with Crippen LogP contribution in [0.25, 0.3) is 0 Å². The number of hydrogen-bond donors (Lipinski definition) is 3. The van der Waals surface area contributed by atoms with Crippen LogP contribution in [0.4, 0.5) is 0 Å². The Hall–Kier alpha value is -1.36. The predicted molar refractivity (Wildman–Crippen MR) is 51.6 cm³/mol. The van der Waals surface area contributed by atoms with Crippen LogP contribution < -0.4 is 17.0 Å². The van der Waals surface area contributed by atoms with E-state index in [2.05, 4.69) is 11.9 Å². The topological polar surface area (TPSA) is 91.7 Å². The summed E-state index contributed by atoms with van der Waals surface area (Å²) in [7, 11) is 0. The number of rotatable bonds is 2. The summed E-state index contributed by atoms with van der Waals surface area (Å²) in [5.74, 6) is 0. The van der Waals surface area contributed by atoms with E-state index in [0.29, 0.717) is 0 Å². The van der Waals surface area contributed by atoms with Gasteiger partial charge in [-0.1, -0.05) is 13.3 Å². The number of hydrogen-bond acceptors (Lipinski definition) is 3. The zero-order valence-corrected chi connectivity index (χ0v) is 7.67. The van der Waals surface area contributed by atoms with Crippen LogP contribution in [-0.2, 0) is 0 Å². The summed E-state index contributed by atoms with van der Waals surface area (Å²) in [6.07, 6.45) is 3.68. The molecule has 1 aromatic heterocycles. The molecule has 0 saturated carbocycles. The van der Waals surface area contributed by atoms with Crippen LogP contribution in [0.2, 0.25) is 0 Å². The lowest BCUT2D eigenvalue weighted by molar-refractivity contribution is 0.807. The Kier molecular flexibility index (Phi) is 6.53. The standard InChI is InChI=1S/C4H4N2O2.C4H11N/c7-3-1-2-5-4(8)6-3;1-2-3-4-5/h1-2H,(H2,5,6,7,8);2-5H2,1H3. The molecule has 0 aliphatic heterocycles. The first kappa shape index (κ1) is 11.6. The van der Waals surface area contributed by atoms with Crippen LogP contribution >= 0.6 is 0 Å². The van der Waals surface area contributed by atoms with E-state index < -0.39 is 5.69 Å². The molecule has 0 unspecified atom stereocenters. The van der Waals surface area contributed by atoms with Crippen molar-refractivity contribution >= 4 is 0 Å². The molecule has 0 aliphatic rings. The molecule has 5 heteroatoms. The summed E-state index contributed by atoms with van der Waals surface area (Å²) in [5, 5.41) is 0. The molecule has 4 N–H and O–H groups in total. The number of aromatic amines is 2. The van der Waals surface area contributed by atoms with E-state index in [1.807, 2.05) is 4.98 Å². The molecule has 1 heterocycles. The molecule has 0 atom stereocenters. The Bertz CT molecular complexity index is 288. The van der Waals surface area contributed by atoms with Crippen LogP contribution in [0.15, 0.2) is 21.9 Å². The zero-order valence-electron chi connectivity index (χ0n) is 7.67. The van der Waals surface area contributed by atoms with E-state index in [1.165, 1.54) is 25.1 Å². The van der Waals surface area contributed by atoms with Gasteiger partial charge in [0.15, 0.2) is 0 Å².